The molecular formula is C64H51N. The minimum Gasteiger partial charge on any atom is -0.309 e. The largest absolute Gasteiger partial charge is 0.309 e. The highest BCUT2D eigenvalue weighted by atomic mass is 15.1. The summed E-state index contributed by atoms with van der Waals surface area (Å²) in [6.45, 7) is 4.82. The number of anilines is 3. The van der Waals surface area contributed by atoms with Gasteiger partial charge >= 0.3 is 0 Å². The summed E-state index contributed by atoms with van der Waals surface area (Å²) in [5.74, 6) is 1.47. The molecule has 312 valence electrons. The van der Waals surface area contributed by atoms with Gasteiger partial charge in [0.05, 0.1) is 11.4 Å². The second-order valence-electron chi connectivity index (χ2n) is 19.6. The summed E-state index contributed by atoms with van der Waals surface area (Å²) >= 11 is 0. The number of nitrogens with zero attached hydrogens (tertiary/aromatic N) is 1. The van der Waals surface area contributed by atoms with Crippen LogP contribution in [0.1, 0.15) is 61.8 Å². The van der Waals surface area contributed by atoms with Gasteiger partial charge in [-0.05, 0) is 133 Å². The van der Waals surface area contributed by atoms with E-state index in [1.165, 1.54) is 121 Å². The van der Waals surface area contributed by atoms with Crippen molar-refractivity contribution >= 4 is 17.1 Å². The van der Waals surface area contributed by atoms with Gasteiger partial charge in [-0.1, -0.05) is 208 Å². The third-order valence-corrected chi connectivity index (χ3v) is 16.0. The lowest BCUT2D eigenvalue weighted by Gasteiger charge is -2.37. The predicted molar refractivity (Wildman–Crippen MR) is 272 cm³/mol. The lowest BCUT2D eigenvalue weighted by Crippen LogP contribution is -2.32. The monoisotopic (exact) mass is 833 g/mol. The van der Waals surface area contributed by atoms with Gasteiger partial charge in [-0.2, -0.15) is 0 Å². The first-order valence-electron chi connectivity index (χ1n) is 23.7. The van der Waals surface area contributed by atoms with E-state index in [1.54, 1.807) is 5.56 Å². The molecule has 0 heterocycles. The summed E-state index contributed by atoms with van der Waals surface area (Å²) < 4.78 is 0. The molecule has 2 bridgehead atoms. The van der Waals surface area contributed by atoms with E-state index >= 15 is 0 Å². The fourth-order valence-corrected chi connectivity index (χ4v) is 13.3. The van der Waals surface area contributed by atoms with E-state index in [1.807, 2.05) is 0 Å². The number of fused-ring (bicyclic) bond motifs is 11. The Labute approximate surface area is 383 Å². The number of hydrogen-bond acceptors (Lipinski definition) is 1. The quantitative estimate of drug-likeness (QED) is 0.155. The maximum atomic E-state index is 2.62. The van der Waals surface area contributed by atoms with Gasteiger partial charge in [0.2, 0.25) is 0 Å². The van der Waals surface area contributed by atoms with Gasteiger partial charge in [0, 0.05) is 27.6 Å². The zero-order chi connectivity index (χ0) is 43.3. The summed E-state index contributed by atoms with van der Waals surface area (Å²) in [7, 11) is 0. The van der Waals surface area contributed by atoms with Crippen molar-refractivity contribution in [3.8, 4) is 66.8 Å². The Morgan fingerprint density at radius 2 is 0.862 bits per heavy atom. The van der Waals surface area contributed by atoms with Crippen LogP contribution in [0.4, 0.5) is 17.1 Å². The first-order valence-corrected chi connectivity index (χ1v) is 23.7. The highest BCUT2D eigenvalue weighted by molar-refractivity contribution is 6.01. The van der Waals surface area contributed by atoms with Crippen molar-refractivity contribution in [2.24, 2.45) is 11.8 Å². The summed E-state index contributed by atoms with van der Waals surface area (Å²) in [6.07, 6.45) is 5.27. The minimum absolute atomic E-state index is 0.0549. The van der Waals surface area contributed by atoms with Crippen LogP contribution in [0, 0.1) is 11.8 Å². The van der Waals surface area contributed by atoms with E-state index in [2.05, 4.69) is 231 Å². The molecule has 4 aliphatic rings. The van der Waals surface area contributed by atoms with Crippen molar-refractivity contribution in [2.45, 2.75) is 50.4 Å². The SMILES string of the molecule is CC1(C)c2ccccc2-c2cccc(-c3ccccc3N(c3ccc4c(c3)C3(CC5CCC3C5)c3ccccc3-4)c3ccccc3-c3ccccc3-c3ccccc3-c3ccccc3)c21. The third kappa shape index (κ3) is 5.64. The van der Waals surface area contributed by atoms with Crippen LogP contribution in [0.5, 0.6) is 0 Å². The summed E-state index contributed by atoms with van der Waals surface area (Å²) in [6, 6.07) is 80.0. The topological polar surface area (TPSA) is 3.24 Å². The van der Waals surface area contributed by atoms with Crippen molar-refractivity contribution in [3.05, 3.63) is 235 Å². The average Bonchev–Trinajstić information content (AvgIpc) is 4.12. The Bertz CT molecular complexity index is 3340. The third-order valence-electron chi connectivity index (χ3n) is 16.0. The average molecular weight is 834 g/mol. The van der Waals surface area contributed by atoms with Crippen molar-refractivity contribution in [1.29, 1.82) is 0 Å². The van der Waals surface area contributed by atoms with Gasteiger partial charge in [0.1, 0.15) is 0 Å². The summed E-state index contributed by atoms with van der Waals surface area (Å²) in [4.78, 5) is 2.61. The van der Waals surface area contributed by atoms with Crippen molar-refractivity contribution < 1.29 is 0 Å². The molecule has 4 aliphatic carbocycles. The van der Waals surface area contributed by atoms with Crippen molar-refractivity contribution in [2.75, 3.05) is 4.90 Å². The molecule has 1 spiro atoms. The second-order valence-corrected chi connectivity index (χ2v) is 19.6. The number of benzene rings is 9. The molecule has 13 rings (SSSR count). The molecule has 2 saturated carbocycles. The number of rotatable bonds is 7. The van der Waals surface area contributed by atoms with Crippen LogP contribution in [-0.2, 0) is 10.8 Å². The molecule has 3 atom stereocenters. The molecule has 0 radical (unpaired) electrons. The predicted octanol–water partition coefficient (Wildman–Crippen LogP) is 17.2. The van der Waals surface area contributed by atoms with Crippen molar-refractivity contribution in [3.63, 3.8) is 0 Å². The Morgan fingerprint density at radius 1 is 0.385 bits per heavy atom. The van der Waals surface area contributed by atoms with Gasteiger partial charge in [-0.15, -0.1) is 0 Å². The van der Waals surface area contributed by atoms with Crippen LogP contribution in [0.2, 0.25) is 0 Å². The fourth-order valence-electron chi connectivity index (χ4n) is 13.3. The first kappa shape index (κ1) is 38.3. The van der Waals surface area contributed by atoms with Crippen LogP contribution in [0.25, 0.3) is 66.8 Å². The first-order chi connectivity index (χ1) is 32.0. The highest BCUT2D eigenvalue weighted by Gasteiger charge is 2.56. The van der Waals surface area contributed by atoms with Crippen LogP contribution < -0.4 is 4.90 Å². The lowest BCUT2D eigenvalue weighted by molar-refractivity contribution is 0.327. The Morgan fingerprint density at radius 3 is 1.51 bits per heavy atom. The standard InChI is InChI=1S/C64H51N/c1-63(2)57-31-14-10-26-51(57)55-29-18-30-56(62(55)63)54-28-13-17-34-61(54)65(45-37-38-52-50-25-11-15-32-58(50)64(59(52)40-45)41-42-35-36-44(64)39-42)60-33-16-12-27-53(60)49-24-9-8-23-48(49)47-22-7-6-21-46(47)43-19-4-3-5-20-43/h3-34,37-38,40,42,44H,35-36,39,41H2,1-2H3. The summed E-state index contributed by atoms with van der Waals surface area (Å²) in [5.41, 5.74) is 24.7. The minimum atomic E-state index is -0.170. The van der Waals surface area contributed by atoms with Crippen LogP contribution >= 0.6 is 0 Å². The Balaban J connectivity index is 1.06. The molecule has 0 aliphatic heterocycles. The van der Waals surface area contributed by atoms with E-state index in [-0.39, 0.29) is 10.8 Å². The fraction of sp³-hybridized carbons (Fsp3) is 0.156. The Kier molecular flexibility index (Phi) is 8.63. The normalized spacial score (nSPS) is 19.2. The Hall–Kier alpha value is -7.22. The molecule has 0 aromatic heterocycles. The van der Waals surface area contributed by atoms with E-state index in [0.717, 1.165) is 11.6 Å². The van der Waals surface area contributed by atoms with E-state index < -0.39 is 0 Å². The zero-order valence-electron chi connectivity index (χ0n) is 37.1. The molecular weight excluding hydrogens is 783 g/mol. The maximum Gasteiger partial charge on any atom is 0.0540 e. The highest BCUT2D eigenvalue weighted by Crippen LogP contribution is 2.66. The maximum absolute atomic E-state index is 2.62. The molecule has 0 saturated heterocycles. The zero-order valence-corrected chi connectivity index (χ0v) is 37.1. The van der Waals surface area contributed by atoms with Crippen LogP contribution in [0.3, 0.4) is 0 Å². The van der Waals surface area contributed by atoms with Gasteiger partial charge in [0.25, 0.3) is 0 Å². The van der Waals surface area contributed by atoms with Crippen LogP contribution in [-0.4, -0.2) is 0 Å². The van der Waals surface area contributed by atoms with Gasteiger partial charge in [0.15, 0.2) is 0 Å². The molecule has 0 N–H and O–H groups in total. The van der Waals surface area contributed by atoms with E-state index in [0.29, 0.717) is 5.92 Å². The number of para-hydroxylation sites is 2. The molecule has 2 fully saturated rings. The molecule has 9 aromatic carbocycles. The smallest absolute Gasteiger partial charge is 0.0540 e. The molecule has 3 unspecified atom stereocenters. The van der Waals surface area contributed by atoms with Gasteiger partial charge in [-0.25, -0.2) is 0 Å². The molecule has 9 aromatic rings. The molecule has 1 nitrogen and oxygen atoms in total. The van der Waals surface area contributed by atoms with Gasteiger partial charge < -0.3 is 4.90 Å². The van der Waals surface area contributed by atoms with Crippen LogP contribution in [0.15, 0.2) is 212 Å². The van der Waals surface area contributed by atoms with Crippen molar-refractivity contribution in [1.82, 2.24) is 0 Å². The van der Waals surface area contributed by atoms with E-state index in [4.69, 9.17) is 0 Å². The molecule has 1 heteroatoms. The second kappa shape index (κ2) is 14.7. The van der Waals surface area contributed by atoms with E-state index in [9.17, 15) is 0 Å². The molecule has 65 heavy (non-hydrogen) atoms. The number of hydrogen-bond donors (Lipinski definition) is 0. The van der Waals surface area contributed by atoms with Gasteiger partial charge in [-0.3, -0.25) is 0 Å². The lowest BCUT2D eigenvalue weighted by atomic mass is 9.67. The summed E-state index contributed by atoms with van der Waals surface area (Å²) in [5, 5.41) is 0. The molecule has 0 amide bonds.